The molecular weight excluding hydrogens is 140 g/mol. The van der Waals surface area contributed by atoms with Gasteiger partial charge in [-0.25, -0.2) is 4.98 Å². The second kappa shape index (κ2) is 3.08. The van der Waals surface area contributed by atoms with Crippen molar-refractivity contribution in [1.82, 2.24) is 9.97 Å². The van der Waals surface area contributed by atoms with Crippen LogP contribution in [0.2, 0.25) is 0 Å². The Kier molecular flexibility index (Phi) is 2.14. The van der Waals surface area contributed by atoms with Gasteiger partial charge in [-0.1, -0.05) is 0 Å². The van der Waals surface area contributed by atoms with Crippen LogP contribution >= 0.6 is 0 Å². The van der Waals surface area contributed by atoms with E-state index in [1.807, 2.05) is 6.07 Å². The van der Waals surface area contributed by atoms with Crippen LogP contribution in [0.25, 0.3) is 0 Å². The van der Waals surface area contributed by atoms with E-state index in [0.717, 1.165) is 0 Å². The third kappa shape index (κ3) is 1.51. The molecule has 0 spiro atoms. The molecule has 1 aromatic heterocycles. The standard InChI is InChI=1S/C7H8N4/c1-5(9)7-6(4-8)10-2-3-11-7/h2-3,5H,9H2,1H3. The fourth-order valence-electron chi connectivity index (χ4n) is 0.768. The highest BCUT2D eigenvalue weighted by Gasteiger charge is 2.07. The number of aromatic nitrogens is 2. The molecule has 0 saturated carbocycles. The number of hydrogen-bond donors (Lipinski definition) is 1. The minimum absolute atomic E-state index is 0.238. The Labute approximate surface area is 64.7 Å². The van der Waals surface area contributed by atoms with Crippen LogP contribution in [0.1, 0.15) is 24.4 Å². The maximum absolute atomic E-state index is 8.56. The minimum atomic E-state index is -0.238. The van der Waals surface area contributed by atoms with Gasteiger partial charge in [0.25, 0.3) is 0 Å². The van der Waals surface area contributed by atoms with Gasteiger partial charge in [0.1, 0.15) is 6.07 Å². The summed E-state index contributed by atoms with van der Waals surface area (Å²) in [5.41, 5.74) is 6.40. The molecule has 0 aliphatic rings. The Morgan fingerprint density at radius 2 is 2.18 bits per heavy atom. The van der Waals surface area contributed by atoms with E-state index in [0.29, 0.717) is 11.4 Å². The van der Waals surface area contributed by atoms with Crippen molar-refractivity contribution >= 4 is 0 Å². The van der Waals surface area contributed by atoms with Gasteiger partial charge in [0.2, 0.25) is 0 Å². The highest BCUT2D eigenvalue weighted by Crippen LogP contribution is 2.07. The van der Waals surface area contributed by atoms with Crippen molar-refractivity contribution in [2.75, 3.05) is 0 Å². The SMILES string of the molecule is CC(N)c1nccnc1C#N. The summed E-state index contributed by atoms with van der Waals surface area (Å²) in [7, 11) is 0. The first-order valence-corrected chi connectivity index (χ1v) is 3.22. The molecule has 0 fully saturated rings. The molecule has 1 atom stereocenters. The molecule has 0 radical (unpaired) electrons. The Morgan fingerprint density at radius 3 is 2.64 bits per heavy atom. The summed E-state index contributed by atoms with van der Waals surface area (Å²) in [4.78, 5) is 7.75. The van der Waals surface area contributed by atoms with Crippen molar-refractivity contribution < 1.29 is 0 Å². The number of hydrogen-bond acceptors (Lipinski definition) is 4. The molecule has 0 bridgehead atoms. The monoisotopic (exact) mass is 148 g/mol. The Bertz CT molecular complexity index is 287. The van der Waals surface area contributed by atoms with Crippen molar-refractivity contribution in [1.29, 1.82) is 5.26 Å². The predicted octanol–water partition coefficient (Wildman–Crippen LogP) is 0.368. The molecule has 0 saturated heterocycles. The summed E-state index contributed by atoms with van der Waals surface area (Å²) in [5.74, 6) is 0. The van der Waals surface area contributed by atoms with Crippen molar-refractivity contribution in [2.24, 2.45) is 5.73 Å². The molecular formula is C7H8N4. The number of nitrogens with two attached hydrogens (primary N) is 1. The molecule has 1 rings (SSSR count). The highest BCUT2D eigenvalue weighted by atomic mass is 14.8. The van der Waals surface area contributed by atoms with Crippen molar-refractivity contribution in [2.45, 2.75) is 13.0 Å². The maximum Gasteiger partial charge on any atom is 0.163 e. The number of nitriles is 1. The van der Waals surface area contributed by atoms with E-state index >= 15 is 0 Å². The van der Waals surface area contributed by atoms with Crippen LogP contribution in [0.4, 0.5) is 0 Å². The molecule has 0 aliphatic heterocycles. The van der Waals surface area contributed by atoms with Gasteiger partial charge < -0.3 is 5.73 Å². The lowest BCUT2D eigenvalue weighted by Crippen LogP contribution is -2.10. The highest BCUT2D eigenvalue weighted by molar-refractivity contribution is 5.26. The summed E-state index contributed by atoms with van der Waals surface area (Å²) < 4.78 is 0. The van der Waals surface area contributed by atoms with Crippen molar-refractivity contribution in [3.8, 4) is 6.07 Å². The van der Waals surface area contributed by atoms with Gasteiger partial charge in [0.05, 0.1) is 5.69 Å². The molecule has 4 heteroatoms. The van der Waals surface area contributed by atoms with Gasteiger partial charge >= 0.3 is 0 Å². The van der Waals surface area contributed by atoms with Gasteiger partial charge in [0.15, 0.2) is 5.69 Å². The second-order valence-corrected chi connectivity index (χ2v) is 2.19. The van der Waals surface area contributed by atoms with Crippen LogP contribution in [0, 0.1) is 11.3 Å². The molecule has 1 unspecified atom stereocenters. The van der Waals surface area contributed by atoms with E-state index in [1.54, 1.807) is 6.92 Å². The molecule has 56 valence electrons. The van der Waals surface area contributed by atoms with E-state index in [-0.39, 0.29) is 6.04 Å². The topological polar surface area (TPSA) is 75.6 Å². The average molecular weight is 148 g/mol. The van der Waals surface area contributed by atoms with Crippen LogP contribution < -0.4 is 5.73 Å². The maximum atomic E-state index is 8.56. The van der Waals surface area contributed by atoms with E-state index < -0.39 is 0 Å². The molecule has 2 N–H and O–H groups in total. The molecule has 0 aliphatic carbocycles. The van der Waals surface area contributed by atoms with Crippen LogP contribution in [0.3, 0.4) is 0 Å². The Balaban J connectivity index is 3.15. The van der Waals surface area contributed by atoms with Gasteiger partial charge in [-0.3, -0.25) is 4.98 Å². The summed E-state index contributed by atoms with van der Waals surface area (Å²) in [6.07, 6.45) is 3.00. The zero-order valence-corrected chi connectivity index (χ0v) is 6.15. The average Bonchev–Trinajstić information content (AvgIpc) is 2.04. The Hall–Kier alpha value is -1.47. The molecule has 0 amide bonds. The van der Waals surface area contributed by atoms with E-state index in [1.165, 1.54) is 12.4 Å². The third-order valence-corrected chi connectivity index (χ3v) is 1.26. The number of nitrogens with zero attached hydrogens (tertiary/aromatic N) is 3. The van der Waals surface area contributed by atoms with Crippen molar-refractivity contribution in [3.63, 3.8) is 0 Å². The zero-order valence-electron chi connectivity index (χ0n) is 6.15. The van der Waals surface area contributed by atoms with Crippen LogP contribution in [-0.2, 0) is 0 Å². The molecule has 11 heavy (non-hydrogen) atoms. The third-order valence-electron chi connectivity index (χ3n) is 1.26. The predicted molar refractivity (Wildman–Crippen MR) is 39.3 cm³/mol. The lowest BCUT2D eigenvalue weighted by atomic mass is 10.2. The van der Waals surface area contributed by atoms with Gasteiger partial charge in [-0.05, 0) is 6.92 Å². The summed E-state index contributed by atoms with van der Waals surface area (Å²) >= 11 is 0. The Morgan fingerprint density at radius 1 is 1.55 bits per heavy atom. The summed E-state index contributed by atoms with van der Waals surface area (Å²) in [6, 6.07) is 1.69. The quantitative estimate of drug-likeness (QED) is 0.624. The lowest BCUT2D eigenvalue weighted by molar-refractivity contribution is 0.767. The van der Waals surface area contributed by atoms with Crippen LogP contribution in [-0.4, -0.2) is 9.97 Å². The van der Waals surface area contributed by atoms with Gasteiger partial charge in [-0.15, -0.1) is 0 Å². The largest absolute Gasteiger partial charge is 0.323 e. The molecule has 4 nitrogen and oxygen atoms in total. The lowest BCUT2D eigenvalue weighted by Gasteiger charge is -2.03. The normalized spacial score (nSPS) is 12.1. The fourth-order valence-corrected chi connectivity index (χ4v) is 0.768. The second-order valence-electron chi connectivity index (χ2n) is 2.19. The molecule has 0 aromatic carbocycles. The van der Waals surface area contributed by atoms with Gasteiger partial charge in [-0.2, -0.15) is 5.26 Å². The molecule has 1 heterocycles. The molecule has 1 aromatic rings. The van der Waals surface area contributed by atoms with Crippen LogP contribution in [0.5, 0.6) is 0 Å². The first kappa shape index (κ1) is 7.63. The number of rotatable bonds is 1. The summed E-state index contributed by atoms with van der Waals surface area (Å²) in [6.45, 7) is 1.77. The van der Waals surface area contributed by atoms with Crippen molar-refractivity contribution in [3.05, 3.63) is 23.8 Å². The van der Waals surface area contributed by atoms with E-state index in [2.05, 4.69) is 9.97 Å². The van der Waals surface area contributed by atoms with Gasteiger partial charge in [0, 0.05) is 18.4 Å². The first-order chi connectivity index (χ1) is 5.25. The smallest absolute Gasteiger partial charge is 0.163 e. The summed E-state index contributed by atoms with van der Waals surface area (Å²) in [5, 5.41) is 8.56. The van der Waals surface area contributed by atoms with E-state index in [4.69, 9.17) is 11.0 Å². The fraction of sp³-hybridized carbons (Fsp3) is 0.286. The minimum Gasteiger partial charge on any atom is -0.323 e. The van der Waals surface area contributed by atoms with Crippen LogP contribution in [0.15, 0.2) is 12.4 Å². The zero-order chi connectivity index (χ0) is 8.27. The van der Waals surface area contributed by atoms with E-state index in [9.17, 15) is 0 Å². The first-order valence-electron chi connectivity index (χ1n) is 3.22.